The Morgan fingerprint density at radius 3 is 2.05 bits per heavy atom. The maximum absolute atomic E-state index is 14.5. The molecule has 110 valence electrons. The van der Waals surface area contributed by atoms with Crippen LogP contribution in [0, 0.1) is 5.41 Å². The van der Waals surface area contributed by atoms with Gasteiger partial charge in [0.05, 0.1) is 19.8 Å². The molecule has 6 nitrogen and oxygen atoms in total. The van der Waals surface area contributed by atoms with Gasteiger partial charge in [0.25, 0.3) is 5.67 Å². The largest absolute Gasteiger partial charge is 0.479 e. The van der Waals surface area contributed by atoms with Crippen molar-refractivity contribution in [1.82, 2.24) is 0 Å². The Bertz CT molecular complexity index is 314. The molecule has 0 aliphatic heterocycles. The number of rotatable bonds is 8. The lowest BCUT2D eigenvalue weighted by molar-refractivity contribution is -0.155. The zero-order valence-electron chi connectivity index (χ0n) is 11.5. The highest BCUT2D eigenvalue weighted by molar-refractivity contribution is 6.05. The number of esters is 2. The van der Waals surface area contributed by atoms with Crippen molar-refractivity contribution in [3.8, 4) is 0 Å². The van der Waals surface area contributed by atoms with Crippen LogP contribution in [-0.2, 0) is 23.8 Å². The Kier molecular flexibility index (Phi) is 7.71. The minimum absolute atomic E-state index is 0.0245. The van der Waals surface area contributed by atoms with Gasteiger partial charge in [-0.2, -0.15) is 0 Å². The van der Waals surface area contributed by atoms with Gasteiger partial charge >= 0.3 is 11.9 Å². The maximum atomic E-state index is 14.5. The van der Waals surface area contributed by atoms with E-state index in [0.717, 1.165) is 0 Å². The van der Waals surface area contributed by atoms with Crippen molar-refractivity contribution in [2.45, 2.75) is 39.3 Å². The van der Waals surface area contributed by atoms with Crippen molar-refractivity contribution in [2.75, 3.05) is 19.8 Å². The topological polar surface area (TPSA) is 85.7 Å². The summed E-state index contributed by atoms with van der Waals surface area (Å²) in [6, 6.07) is 0. The predicted molar refractivity (Wildman–Crippen MR) is 65.7 cm³/mol. The van der Waals surface area contributed by atoms with Crippen LogP contribution in [0.4, 0.5) is 4.39 Å². The number of carbonyl (C=O) groups excluding carboxylic acids is 2. The molecule has 0 rings (SSSR count). The van der Waals surface area contributed by atoms with Gasteiger partial charge in [0.1, 0.15) is 0 Å². The van der Waals surface area contributed by atoms with Gasteiger partial charge < -0.3 is 14.2 Å². The molecule has 19 heavy (non-hydrogen) atoms. The van der Waals surface area contributed by atoms with Gasteiger partial charge in [-0.25, -0.2) is 9.18 Å². The first kappa shape index (κ1) is 17.3. The molecule has 0 aromatic carbocycles. The summed E-state index contributed by atoms with van der Waals surface area (Å²) >= 11 is 0. The molecule has 0 saturated carbocycles. The third kappa shape index (κ3) is 5.23. The van der Waals surface area contributed by atoms with Gasteiger partial charge in [-0.1, -0.05) is 0 Å². The van der Waals surface area contributed by atoms with Crippen LogP contribution in [0.5, 0.6) is 0 Å². The van der Waals surface area contributed by atoms with Crippen molar-refractivity contribution in [1.29, 1.82) is 5.41 Å². The highest BCUT2D eigenvalue weighted by Crippen LogP contribution is 2.23. The summed E-state index contributed by atoms with van der Waals surface area (Å²) in [5, 5.41) is 7.45. The smallest absolute Gasteiger partial charge is 0.353 e. The van der Waals surface area contributed by atoms with Crippen LogP contribution in [0.3, 0.4) is 0 Å². The molecule has 0 bridgehead atoms. The molecule has 1 atom stereocenters. The van der Waals surface area contributed by atoms with E-state index in [0.29, 0.717) is 0 Å². The van der Waals surface area contributed by atoms with Crippen LogP contribution in [0.2, 0.25) is 0 Å². The van der Waals surface area contributed by atoms with E-state index in [-0.39, 0.29) is 26.2 Å². The molecule has 0 radical (unpaired) electrons. The molecule has 0 aromatic heterocycles. The van der Waals surface area contributed by atoms with Gasteiger partial charge in [0.2, 0.25) is 5.90 Å². The van der Waals surface area contributed by atoms with E-state index in [1.54, 1.807) is 13.8 Å². The van der Waals surface area contributed by atoms with E-state index in [2.05, 4.69) is 9.47 Å². The van der Waals surface area contributed by atoms with Gasteiger partial charge in [0, 0.05) is 12.8 Å². The van der Waals surface area contributed by atoms with E-state index in [4.69, 9.17) is 10.1 Å². The number of halogens is 1. The van der Waals surface area contributed by atoms with Crippen LogP contribution in [0.25, 0.3) is 0 Å². The van der Waals surface area contributed by atoms with Gasteiger partial charge in [0.15, 0.2) is 0 Å². The molecule has 0 aliphatic rings. The summed E-state index contributed by atoms with van der Waals surface area (Å²) in [6.07, 6.45) is -0.873. The monoisotopic (exact) mass is 277 g/mol. The lowest BCUT2D eigenvalue weighted by Gasteiger charge is -2.23. The minimum atomic E-state index is -2.75. The van der Waals surface area contributed by atoms with E-state index in [1.165, 1.54) is 6.92 Å². The predicted octanol–water partition coefficient (Wildman–Crippen LogP) is 1.61. The second-order valence-corrected chi connectivity index (χ2v) is 3.59. The molecule has 0 spiro atoms. The molecule has 0 aromatic rings. The Hall–Kier alpha value is -1.66. The number of hydrogen-bond acceptors (Lipinski definition) is 6. The third-order valence-corrected chi connectivity index (χ3v) is 2.23. The number of alkyl halides is 1. The summed E-state index contributed by atoms with van der Waals surface area (Å²) in [5.74, 6) is -2.71. The average molecular weight is 277 g/mol. The molecule has 7 heteroatoms. The Morgan fingerprint density at radius 1 is 1.05 bits per heavy atom. The van der Waals surface area contributed by atoms with Gasteiger partial charge in [-0.15, -0.1) is 0 Å². The molecule has 0 saturated heterocycles. The molecule has 0 fully saturated rings. The summed E-state index contributed by atoms with van der Waals surface area (Å²) in [7, 11) is 0. The second-order valence-electron chi connectivity index (χ2n) is 3.59. The van der Waals surface area contributed by atoms with E-state index in [9.17, 15) is 14.0 Å². The van der Waals surface area contributed by atoms with Crippen molar-refractivity contribution >= 4 is 17.8 Å². The number of hydrogen-bond donors (Lipinski definition) is 1. The number of carbonyl (C=O) groups is 2. The average Bonchev–Trinajstić information content (AvgIpc) is 2.36. The lowest BCUT2D eigenvalue weighted by atomic mass is 9.99. The first-order chi connectivity index (χ1) is 8.92. The Morgan fingerprint density at radius 2 is 1.58 bits per heavy atom. The minimum Gasteiger partial charge on any atom is -0.479 e. The summed E-state index contributed by atoms with van der Waals surface area (Å²) < 4.78 is 28.5. The molecule has 0 heterocycles. The molecule has 1 N–H and O–H groups in total. The third-order valence-electron chi connectivity index (χ3n) is 2.23. The summed E-state index contributed by atoms with van der Waals surface area (Å²) in [6.45, 7) is 4.89. The van der Waals surface area contributed by atoms with Crippen molar-refractivity contribution in [2.24, 2.45) is 0 Å². The van der Waals surface area contributed by atoms with Crippen molar-refractivity contribution in [3.63, 3.8) is 0 Å². The first-order valence-electron chi connectivity index (χ1n) is 6.15. The fraction of sp³-hybridized carbons (Fsp3) is 0.750. The quantitative estimate of drug-likeness (QED) is 0.414. The van der Waals surface area contributed by atoms with Crippen molar-refractivity contribution in [3.05, 3.63) is 0 Å². The van der Waals surface area contributed by atoms with Crippen LogP contribution < -0.4 is 0 Å². The molecule has 0 amide bonds. The van der Waals surface area contributed by atoms with Crippen molar-refractivity contribution < 1.29 is 28.2 Å². The first-order valence-corrected chi connectivity index (χ1v) is 6.15. The van der Waals surface area contributed by atoms with Gasteiger partial charge in [-0.05, 0) is 20.8 Å². The highest BCUT2D eigenvalue weighted by atomic mass is 19.1. The fourth-order valence-electron chi connectivity index (χ4n) is 1.32. The second kappa shape index (κ2) is 8.44. The fourth-order valence-corrected chi connectivity index (χ4v) is 1.32. The van der Waals surface area contributed by atoms with E-state index >= 15 is 0 Å². The molecule has 1 unspecified atom stereocenters. The molecule has 0 aliphatic carbocycles. The zero-order valence-corrected chi connectivity index (χ0v) is 11.5. The van der Waals surface area contributed by atoms with E-state index < -0.39 is 29.9 Å². The van der Waals surface area contributed by atoms with Gasteiger partial charge in [-0.3, -0.25) is 10.2 Å². The Labute approximate surface area is 111 Å². The lowest BCUT2D eigenvalue weighted by Crippen LogP contribution is -2.45. The number of nitrogens with one attached hydrogen (secondary N) is 1. The maximum Gasteiger partial charge on any atom is 0.353 e. The highest BCUT2D eigenvalue weighted by Gasteiger charge is 2.47. The summed E-state index contributed by atoms with van der Waals surface area (Å²) in [5.41, 5.74) is -2.75. The standard InChI is InChI=1S/C12H20FNO5/c1-4-17-9(15)7-8-12(13,10(14)18-5-2)11(16)19-6-3/h14H,4-8H2,1-3H3. The van der Waals surface area contributed by atoms with Crippen LogP contribution in [0.15, 0.2) is 0 Å². The summed E-state index contributed by atoms with van der Waals surface area (Å²) in [4.78, 5) is 22.8. The van der Waals surface area contributed by atoms with Crippen LogP contribution in [0.1, 0.15) is 33.6 Å². The number of ether oxygens (including phenoxy) is 3. The van der Waals surface area contributed by atoms with Crippen LogP contribution >= 0.6 is 0 Å². The molecular formula is C12H20FNO5. The SMILES string of the molecule is CCOC(=N)C(F)(CCC(=O)OCC)C(=O)OCC. The normalized spacial score (nSPS) is 13.3. The van der Waals surface area contributed by atoms with Crippen LogP contribution in [-0.4, -0.2) is 43.3 Å². The van der Waals surface area contributed by atoms with E-state index in [1.807, 2.05) is 0 Å². The zero-order chi connectivity index (χ0) is 14.9. The Balaban J connectivity index is 4.80. The molecular weight excluding hydrogens is 257 g/mol.